The summed E-state index contributed by atoms with van der Waals surface area (Å²) in [5.41, 5.74) is 1.60. The fraction of sp³-hybridized carbons (Fsp3) is 0.211. The van der Waals surface area contributed by atoms with Crippen LogP contribution in [0.1, 0.15) is 10.6 Å². The second-order valence-electron chi connectivity index (χ2n) is 6.14. The predicted octanol–water partition coefficient (Wildman–Crippen LogP) is 2.79. The molecule has 6 nitrogen and oxygen atoms in total. The zero-order valence-corrected chi connectivity index (χ0v) is 14.0. The highest BCUT2D eigenvalue weighted by atomic mass is 19.1. The van der Waals surface area contributed by atoms with E-state index in [4.69, 9.17) is 0 Å². The third-order valence-electron chi connectivity index (χ3n) is 4.55. The molecular weight excluding hydrogens is 335 g/mol. The van der Waals surface area contributed by atoms with Crippen molar-refractivity contribution in [3.05, 3.63) is 60.2 Å². The van der Waals surface area contributed by atoms with Crippen LogP contribution in [0.25, 0.3) is 10.9 Å². The summed E-state index contributed by atoms with van der Waals surface area (Å²) in [6.45, 7) is 2.87. The number of carboxylic acids is 1. The Morgan fingerprint density at radius 3 is 2.27 bits per heavy atom. The van der Waals surface area contributed by atoms with Gasteiger partial charge in [0.05, 0.1) is 5.52 Å². The summed E-state index contributed by atoms with van der Waals surface area (Å²) in [5.74, 6) is -0.936. The highest BCUT2D eigenvalue weighted by Crippen LogP contribution is 2.26. The van der Waals surface area contributed by atoms with Gasteiger partial charge in [-0.15, -0.1) is 0 Å². The number of hydrogen-bond donors (Lipinski definition) is 1. The lowest BCUT2D eigenvalue weighted by Gasteiger charge is -2.37. The van der Waals surface area contributed by atoms with Crippen LogP contribution in [0.5, 0.6) is 0 Å². The van der Waals surface area contributed by atoms with Crippen LogP contribution < -0.4 is 9.80 Å². The Morgan fingerprint density at radius 2 is 1.58 bits per heavy atom. The Hall–Kier alpha value is -3.22. The number of aromatic nitrogens is 2. The van der Waals surface area contributed by atoms with E-state index in [2.05, 4.69) is 19.8 Å². The number of carboxylic acid groups (broad SMARTS) is 1. The minimum absolute atomic E-state index is 0.195. The van der Waals surface area contributed by atoms with Crippen LogP contribution in [0.2, 0.25) is 0 Å². The van der Waals surface area contributed by atoms with Gasteiger partial charge in [-0.05, 0) is 36.4 Å². The van der Waals surface area contributed by atoms with Gasteiger partial charge in [-0.1, -0.05) is 12.1 Å². The van der Waals surface area contributed by atoms with Crippen LogP contribution in [-0.4, -0.2) is 47.2 Å². The number of benzene rings is 2. The molecule has 7 heteroatoms. The van der Waals surface area contributed by atoms with E-state index in [9.17, 15) is 14.3 Å². The molecule has 0 unspecified atom stereocenters. The van der Waals surface area contributed by atoms with E-state index in [1.165, 1.54) is 12.1 Å². The molecule has 0 amide bonds. The van der Waals surface area contributed by atoms with Gasteiger partial charge < -0.3 is 14.9 Å². The molecule has 132 valence electrons. The SMILES string of the molecule is O=C(O)c1nc(N2CCN(c3ccc(F)cc3)CC2)c2ccccc2n1. The van der Waals surface area contributed by atoms with Crippen molar-refractivity contribution in [1.82, 2.24) is 9.97 Å². The average Bonchev–Trinajstić information content (AvgIpc) is 2.68. The molecule has 0 saturated carbocycles. The van der Waals surface area contributed by atoms with Gasteiger partial charge in [0.25, 0.3) is 0 Å². The van der Waals surface area contributed by atoms with Crippen LogP contribution in [0.15, 0.2) is 48.5 Å². The number of piperazine rings is 1. The fourth-order valence-electron chi connectivity index (χ4n) is 3.22. The maximum Gasteiger partial charge on any atom is 0.374 e. The zero-order valence-electron chi connectivity index (χ0n) is 14.0. The van der Waals surface area contributed by atoms with E-state index in [1.54, 1.807) is 18.2 Å². The Kier molecular flexibility index (Phi) is 4.12. The minimum atomic E-state index is -1.14. The topological polar surface area (TPSA) is 69.6 Å². The maximum atomic E-state index is 13.1. The van der Waals surface area contributed by atoms with Crippen molar-refractivity contribution >= 4 is 28.4 Å². The lowest BCUT2D eigenvalue weighted by atomic mass is 10.2. The van der Waals surface area contributed by atoms with E-state index in [0.717, 1.165) is 24.2 Å². The number of aromatic carboxylic acids is 1. The standard InChI is InChI=1S/C19H17FN4O2/c20-13-5-7-14(8-6-13)23-9-11-24(12-10-23)18-15-3-1-2-4-16(15)21-17(22-18)19(25)26/h1-8H,9-12H2,(H,25,26). The molecule has 1 fully saturated rings. The molecule has 26 heavy (non-hydrogen) atoms. The molecule has 1 aromatic heterocycles. The molecule has 1 N–H and O–H groups in total. The van der Waals surface area contributed by atoms with E-state index in [-0.39, 0.29) is 11.6 Å². The lowest BCUT2D eigenvalue weighted by molar-refractivity contribution is 0.0684. The van der Waals surface area contributed by atoms with Crippen LogP contribution in [0, 0.1) is 5.82 Å². The molecule has 1 aliphatic rings. The van der Waals surface area contributed by atoms with Gasteiger partial charge >= 0.3 is 5.97 Å². The normalized spacial score (nSPS) is 14.7. The monoisotopic (exact) mass is 352 g/mol. The summed E-state index contributed by atoms with van der Waals surface area (Å²) in [7, 11) is 0. The van der Waals surface area contributed by atoms with Gasteiger partial charge in [0.15, 0.2) is 0 Å². The van der Waals surface area contributed by atoms with Crippen LogP contribution in [-0.2, 0) is 0 Å². The summed E-state index contributed by atoms with van der Waals surface area (Å²) >= 11 is 0. The minimum Gasteiger partial charge on any atom is -0.475 e. The van der Waals surface area contributed by atoms with E-state index in [0.29, 0.717) is 24.4 Å². The Morgan fingerprint density at radius 1 is 0.923 bits per heavy atom. The maximum absolute atomic E-state index is 13.1. The molecular formula is C19H17FN4O2. The second-order valence-corrected chi connectivity index (χ2v) is 6.14. The second kappa shape index (κ2) is 6.59. The summed E-state index contributed by atoms with van der Waals surface area (Å²) in [4.78, 5) is 24.0. The van der Waals surface area contributed by atoms with Crippen LogP contribution >= 0.6 is 0 Å². The molecule has 1 aliphatic heterocycles. The van der Waals surface area contributed by atoms with Crippen molar-refractivity contribution in [3.8, 4) is 0 Å². The lowest BCUT2D eigenvalue weighted by Crippen LogP contribution is -2.47. The first-order chi connectivity index (χ1) is 12.6. The van der Waals surface area contributed by atoms with Gasteiger partial charge in [0, 0.05) is 37.3 Å². The molecule has 2 heterocycles. The molecule has 0 spiro atoms. The van der Waals surface area contributed by atoms with Gasteiger partial charge in [-0.25, -0.2) is 19.2 Å². The van der Waals surface area contributed by atoms with E-state index in [1.807, 2.05) is 18.2 Å². The number of nitrogens with zero attached hydrogens (tertiary/aromatic N) is 4. The van der Waals surface area contributed by atoms with Crippen molar-refractivity contribution in [2.24, 2.45) is 0 Å². The molecule has 0 atom stereocenters. The number of para-hydroxylation sites is 1. The van der Waals surface area contributed by atoms with Crippen LogP contribution in [0.4, 0.5) is 15.9 Å². The van der Waals surface area contributed by atoms with Gasteiger partial charge in [-0.3, -0.25) is 0 Å². The van der Waals surface area contributed by atoms with Gasteiger partial charge in [0.1, 0.15) is 11.6 Å². The van der Waals surface area contributed by atoms with Crippen molar-refractivity contribution in [3.63, 3.8) is 0 Å². The number of halogens is 1. The number of anilines is 2. The molecule has 0 bridgehead atoms. The highest BCUT2D eigenvalue weighted by Gasteiger charge is 2.22. The first-order valence-electron chi connectivity index (χ1n) is 8.37. The third kappa shape index (κ3) is 3.03. The number of rotatable bonds is 3. The summed E-state index contributed by atoms with van der Waals surface area (Å²) in [6.07, 6.45) is 0. The van der Waals surface area contributed by atoms with E-state index >= 15 is 0 Å². The van der Waals surface area contributed by atoms with Crippen molar-refractivity contribution in [2.45, 2.75) is 0 Å². The number of fused-ring (bicyclic) bond motifs is 1. The molecule has 4 rings (SSSR count). The third-order valence-corrected chi connectivity index (χ3v) is 4.55. The molecule has 0 aliphatic carbocycles. The predicted molar refractivity (Wildman–Crippen MR) is 97.3 cm³/mol. The largest absolute Gasteiger partial charge is 0.475 e. The van der Waals surface area contributed by atoms with Crippen molar-refractivity contribution in [1.29, 1.82) is 0 Å². The fourth-order valence-corrected chi connectivity index (χ4v) is 3.22. The Balaban J connectivity index is 1.61. The van der Waals surface area contributed by atoms with E-state index < -0.39 is 5.97 Å². The Bertz CT molecular complexity index is 953. The summed E-state index contributed by atoms with van der Waals surface area (Å²) in [5, 5.41) is 10.1. The number of carbonyl (C=O) groups is 1. The van der Waals surface area contributed by atoms with Crippen LogP contribution in [0.3, 0.4) is 0 Å². The molecule has 0 radical (unpaired) electrons. The highest BCUT2D eigenvalue weighted by molar-refractivity contribution is 5.94. The summed E-state index contributed by atoms with van der Waals surface area (Å²) < 4.78 is 13.1. The summed E-state index contributed by atoms with van der Waals surface area (Å²) in [6, 6.07) is 13.9. The van der Waals surface area contributed by atoms with Crippen molar-refractivity contribution in [2.75, 3.05) is 36.0 Å². The smallest absolute Gasteiger partial charge is 0.374 e. The zero-order chi connectivity index (χ0) is 18.1. The Labute approximate surface area is 149 Å². The van der Waals surface area contributed by atoms with Crippen molar-refractivity contribution < 1.29 is 14.3 Å². The average molecular weight is 352 g/mol. The first-order valence-corrected chi connectivity index (χ1v) is 8.37. The van der Waals surface area contributed by atoms with Gasteiger partial charge in [-0.2, -0.15) is 0 Å². The quantitative estimate of drug-likeness (QED) is 0.782. The molecule has 3 aromatic rings. The molecule has 1 saturated heterocycles. The van der Waals surface area contributed by atoms with Gasteiger partial charge in [0.2, 0.25) is 5.82 Å². The first kappa shape index (κ1) is 16.3. The number of hydrogen-bond acceptors (Lipinski definition) is 5. The molecule has 2 aromatic carbocycles.